The first kappa shape index (κ1) is 20.5. The number of carbonyl (C=O) groups is 1. The zero-order chi connectivity index (χ0) is 18.5. The molecule has 2 atom stereocenters. The highest BCUT2D eigenvalue weighted by Gasteiger charge is 2.49. The van der Waals surface area contributed by atoms with Gasteiger partial charge >= 0.3 is 6.09 Å². The van der Waals surface area contributed by atoms with E-state index in [0.29, 0.717) is 0 Å². The summed E-state index contributed by atoms with van der Waals surface area (Å²) in [6.07, 6.45) is 13.0. The zero-order valence-electron chi connectivity index (χ0n) is 16.9. The second kappa shape index (κ2) is 8.75. The number of amides is 1. The Labute approximate surface area is 154 Å². The summed E-state index contributed by atoms with van der Waals surface area (Å²) in [5.74, 6) is 0. The maximum atomic E-state index is 12.5. The van der Waals surface area contributed by atoms with Crippen molar-refractivity contribution in [2.24, 2.45) is 0 Å². The maximum Gasteiger partial charge on any atom is 0.410 e. The van der Waals surface area contributed by atoms with Crippen LogP contribution in [0.25, 0.3) is 0 Å². The highest BCUT2D eigenvalue weighted by atomic mass is 16.6. The van der Waals surface area contributed by atoms with Crippen molar-refractivity contribution < 1.29 is 14.6 Å². The summed E-state index contributed by atoms with van der Waals surface area (Å²) in [6, 6.07) is 0.311. The number of nitrogens with zero attached hydrogens (tertiary/aromatic N) is 1. The summed E-state index contributed by atoms with van der Waals surface area (Å²) in [7, 11) is 0. The highest BCUT2D eigenvalue weighted by molar-refractivity contribution is 5.69. The Kier molecular flexibility index (Phi) is 7.19. The van der Waals surface area contributed by atoms with Gasteiger partial charge in [-0.3, -0.25) is 0 Å². The third-order valence-electron chi connectivity index (χ3n) is 5.70. The second-order valence-corrected chi connectivity index (χ2v) is 9.28. The van der Waals surface area contributed by atoms with E-state index in [0.717, 1.165) is 38.5 Å². The van der Waals surface area contributed by atoms with Crippen LogP contribution in [-0.4, -0.2) is 39.4 Å². The minimum atomic E-state index is -0.576. The molecule has 4 nitrogen and oxygen atoms in total. The molecule has 4 heteroatoms. The molecule has 1 N–H and O–H groups in total. The first-order valence-electron chi connectivity index (χ1n) is 10.5. The van der Waals surface area contributed by atoms with E-state index in [2.05, 4.69) is 6.92 Å². The van der Waals surface area contributed by atoms with Crippen LogP contribution in [0.3, 0.4) is 0 Å². The topological polar surface area (TPSA) is 49.8 Å². The molecule has 0 aromatic rings. The van der Waals surface area contributed by atoms with Gasteiger partial charge in [-0.2, -0.15) is 0 Å². The fourth-order valence-electron chi connectivity index (χ4n) is 4.55. The Morgan fingerprint density at radius 2 is 1.56 bits per heavy atom. The lowest BCUT2D eigenvalue weighted by molar-refractivity contribution is -0.0635. The fraction of sp³-hybridized carbons (Fsp3) is 0.952. The predicted molar refractivity (Wildman–Crippen MR) is 102 cm³/mol. The van der Waals surface area contributed by atoms with Crippen molar-refractivity contribution in [2.45, 2.75) is 128 Å². The van der Waals surface area contributed by atoms with Crippen LogP contribution in [0, 0.1) is 0 Å². The van der Waals surface area contributed by atoms with Crippen LogP contribution in [0.2, 0.25) is 0 Å². The van der Waals surface area contributed by atoms with E-state index >= 15 is 0 Å². The zero-order valence-corrected chi connectivity index (χ0v) is 16.9. The molecule has 0 aliphatic carbocycles. The van der Waals surface area contributed by atoms with Gasteiger partial charge in [-0.25, -0.2) is 4.79 Å². The van der Waals surface area contributed by atoms with Crippen LogP contribution in [-0.2, 0) is 4.74 Å². The lowest BCUT2D eigenvalue weighted by atomic mass is 9.82. The van der Waals surface area contributed by atoms with Crippen LogP contribution in [0.5, 0.6) is 0 Å². The average Bonchev–Trinajstić information content (AvgIpc) is 2.78. The summed E-state index contributed by atoms with van der Waals surface area (Å²) < 4.78 is 5.58. The van der Waals surface area contributed by atoms with Gasteiger partial charge in [-0.05, 0) is 52.9 Å². The standard InChI is InChI=1S/C21H39NO3/c1-5-6-7-8-9-10-11-14-21(24)15-17-12-13-18(16-21)22(17)19(23)25-20(2,3)4/h17-18,24H,5-16H2,1-4H3. The molecule has 2 bridgehead atoms. The smallest absolute Gasteiger partial charge is 0.410 e. The number of carbonyl (C=O) groups excluding carboxylic acids is 1. The van der Waals surface area contributed by atoms with E-state index in [1.807, 2.05) is 25.7 Å². The third-order valence-corrected chi connectivity index (χ3v) is 5.70. The molecule has 1 amide bonds. The Balaban J connectivity index is 1.77. The first-order chi connectivity index (χ1) is 11.7. The van der Waals surface area contributed by atoms with Gasteiger partial charge in [0, 0.05) is 12.1 Å². The van der Waals surface area contributed by atoms with Gasteiger partial charge < -0.3 is 14.7 Å². The van der Waals surface area contributed by atoms with Crippen molar-refractivity contribution in [3.8, 4) is 0 Å². The largest absolute Gasteiger partial charge is 0.444 e. The number of hydrogen-bond acceptors (Lipinski definition) is 3. The van der Waals surface area contributed by atoms with E-state index in [4.69, 9.17) is 4.74 Å². The van der Waals surface area contributed by atoms with Gasteiger partial charge in [0.15, 0.2) is 0 Å². The van der Waals surface area contributed by atoms with Gasteiger partial charge in [0.25, 0.3) is 0 Å². The number of fused-ring (bicyclic) bond motifs is 2. The van der Waals surface area contributed by atoms with Gasteiger partial charge in [0.05, 0.1) is 5.60 Å². The van der Waals surface area contributed by atoms with Crippen LogP contribution in [0.15, 0.2) is 0 Å². The molecule has 0 spiro atoms. The molecular formula is C21H39NO3. The molecule has 2 saturated heterocycles. The van der Waals surface area contributed by atoms with Gasteiger partial charge in [-0.1, -0.05) is 51.9 Å². The van der Waals surface area contributed by atoms with Crippen molar-refractivity contribution in [3.05, 3.63) is 0 Å². The second-order valence-electron chi connectivity index (χ2n) is 9.28. The third kappa shape index (κ3) is 6.16. The molecule has 2 rings (SSSR count). The maximum absolute atomic E-state index is 12.5. The summed E-state index contributed by atoms with van der Waals surface area (Å²) in [6.45, 7) is 7.97. The van der Waals surface area contributed by atoms with Crippen LogP contribution >= 0.6 is 0 Å². The number of unbranched alkanes of at least 4 members (excludes halogenated alkanes) is 6. The van der Waals surface area contributed by atoms with Crippen LogP contribution in [0.1, 0.15) is 105 Å². The summed E-state index contributed by atoms with van der Waals surface area (Å²) >= 11 is 0. The van der Waals surface area contributed by atoms with Crippen LogP contribution < -0.4 is 0 Å². The number of piperidine rings is 1. The predicted octanol–water partition coefficient (Wildman–Crippen LogP) is 5.42. The van der Waals surface area contributed by atoms with E-state index in [9.17, 15) is 9.90 Å². The number of ether oxygens (including phenoxy) is 1. The molecule has 146 valence electrons. The normalized spacial score (nSPS) is 29.1. The number of aliphatic hydroxyl groups is 1. The molecule has 2 unspecified atom stereocenters. The highest BCUT2D eigenvalue weighted by Crippen LogP contribution is 2.43. The molecule has 0 radical (unpaired) electrons. The van der Waals surface area contributed by atoms with Gasteiger partial charge in [0.1, 0.15) is 5.60 Å². The molecule has 0 aromatic heterocycles. The number of rotatable bonds is 8. The Morgan fingerprint density at radius 1 is 1.04 bits per heavy atom. The minimum absolute atomic E-state index is 0.156. The molecule has 2 heterocycles. The minimum Gasteiger partial charge on any atom is -0.444 e. The van der Waals surface area contributed by atoms with Gasteiger partial charge in [-0.15, -0.1) is 0 Å². The Morgan fingerprint density at radius 3 is 2.08 bits per heavy atom. The molecule has 0 saturated carbocycles. The fourth-order valence-corrected chi connectivity index (χ4v) is 4.55. The van der Waals surface area contributed by atoms with Crippen molar-refractivity contribution >= 4 is 6.09 Å². The van der Waals surface area contributed by atoms with Crippen molar-refractivity contribution in [1.82, 2.24) is 4.90 Å². The molecule has 2 aliphatic heterocycles. The quantitative estimate of drug-likeness (QED) is 0.593. The Bertz CT molecular complexity index is 415. The molecule has 2 fully saturated rings. The lowest BCUT2D eigenvalue weighted by Crippen LogP contribution is -2.54. The van der Waals surface area contributed by atoms with E-state index in [1.54, 1.807) is 0 Å². The molecule has 0 aromatic carbocycles. The number of hydrogen-bond donors (Lipinski definition) is 1. The summed E-state index contributed by atoms with van der Waals surface area (Å²) in [5.41, 5.74) is -1.03. The lowest BCUT2D eigenvalue weighted by Gasteiger charge is -2.44. The summed E-state index contributed by atoms with van der Waals surface area (Å²) in [4.78, 5) is 14.4. The van der Waals surface area contributed by atoms with Gasteiger partial charge in [0.2, 0.25) is 0 Å². The molecular weight excluding hydrogens is 314 g/mol. The van der Waals surface area contributed by atoms with E-state index < -0.39 is 11.2 Å². The van der Waals surface area contributed by atoms with Crippen LogP contribution in [0.4, 0.5) is 4.79 Å². The van der Waals surface area contributed by atoms with E-state index in [1.165, 1.54) is 38.5 Å². The van der Waals surface area contributed by atoms with E-state index in [-0.39, 0.29) is 18.2 Å². The SMILES string of the molecule is CCCCCCCCCC1(O)CC2CCC(C1)N2C(=O)OC(C)(C)C. The molecule has 2 aliphatic rings. The average molecular weight is 354 g/mol. The molecule has 25 heavy (non-hydrogen) atoms. The summed E-state index contributed by atoms with van der Waals surface area (Å²) in [5, 5.41) is 11.0. The monoisotopic (exact) mass is 353 g/mol. The first-order valence-corrected chi connectivity index (χ1v) is 10.5. The van der Waals surface area contributed by atoms with Crippen molar-refractivity contribution in [1.29, 1.82) is 0 Å². The van der Waals surface area contributed by atoms with Crippen molar-refractivity contribution in [2.75, 3.05) is 0 Å². The van der Waals surface area contributed by atoms with Crippen molar-refractivity contribution in [3.63, 3.8) is 0 Å². The Hall–Kier alpha value is -0.770.